The predicted molar refractivity (Wildman–Crippen MR) is 168 cm³/mol. The summed E-state index contributed by atoms with van der Waals surface area (Å²) in [5.41, 5.74) is 2.22. The highest BCUT2D eigenvalue weighted by Gasteiger charge is 2.34. The van der Waals surface area contributed by atoms with Crippen molar-refractivity contribution in [2.75, 3.05) is 0 Å². The van der Waals surface area contributed by atoms with Gasteiger partial charge in [-0.1, -0.05) is 81.6 Å². The molecule has 1 unspecified atom stereocenters. The molecule has 1 rings (SSSR count). The Kier molecular flexibility index (Phi) is 15.3. The van der Waals surface area contributed by atoms with Gasteiger partial charge in [-0.2, -0.15) is 0 Å². The quantitative estimate of drug-likeness (QED) is 0.1000. The average molecular weight is 649 g/mol. The lowest BCUT2D eigenvalue weighted by molar-refractivity contribution is -0.156. The SMILES string of the molecule is CC(=O)O[C@](C)(CCC[C@H](C)CCC[C@H](C)CCCC(C)C)CC(SI)c1c(C)c(O)c(C)c(C)c1O. The number of halogens is 1. The fourth-order valence-electron chi connectivity index (χ4n) is 5.45. The van der Waals surface area contributed by atoms with Crippen LogP contribution in [0.25, 0.3) is 0 Å². The Labute approximate surface area is 243 Å². The highest BCUT2D eigenvalue weighted by atomic mass is 127. The van der Waals surface area contributed by atoms with E-state index in [9.17, 15) is 15.0 Å². The maximum Gasteiger partial charge on any atom is 0.303 e. The van der Waals surface area contributed by atoms with Crippen LogP contribution in [-0.2, 0) is 9.53 Å². The zero-order chi connectivity index (χ0) is 28.3. The number of hydrogen-bond donors (Lipinski definition) is 2. The van der Waals surface area contributed by atoms with Gasteiger partial charge in [0.25, 0.3) is 0 Å². The molecule has 4 atom stereocenters. The molecule has 0 aromatic heterocycles. The Balaban J connectivity index is 2.75. The third-order valence-corrected chi connectivity index (χ3v) is 10.5. The van der Waals surface area contributed by atoms with Crippen LogP contribution in [-0.4, -0.2) is 21.8 Å². The molecule has 0 fully saturated rings. The monoisotopic (exact) mass is 648 g/mol. The zero-order valence-electron chi connectivity index (χ0n) is 24.9. The Morgan fingerprint density at radius 2 is 1.35 bits per heavy atom. The van der Waals surface area contributed by atoms with Gasteiger partial charge in [0, 0.05) is 24.2 Å². The van der Waals surface area contributed by atoms with Gasteiger partial charge in [-0.25, -0.2) is 0 Å². The fraction of sp³-hybridized carbons (Fsp3) is 0.774. The maximum absolute atomic E-state index is 12.0. The van der Waals surface area contributed by atoms with Gasteiger partial charge in [0.1, 0.15) is 17.1 Å². The van der Waals surface area contributed by atoms with E-state index in [1.165, 1.54) is 45.4 Å². The van der Waals surface area contributed by atoms with E-state index in [1.54, 1.807) is 8.93 Å². The molecular weight excluding hydrogens is 595 g/mol. The smallest absolute Gasteiger partial charge is 0.303 e. The number of phenols is 2. The van der Waals surface area contributed by atoms with Gasteiger partial charge in [-0.05, 0) is 96.2 Å². The first-order valence-corrected chi connectivity index (χ1v) is 17.6. The highest BCUT2D eigenvalue weighted by molar-refractivity contribution is 14.2. The molecule has 0 aliphatic rings. The molecular formula is C31H53IO4S. The molecule has 0 aliphatic heterocycles. The van der Waals surface area contributed by atoms with Crippen LogP contribution in [0.5, 0.6) is 11.5 Å². The summed E-state index contributed by atoms with van der Waals surface area (Å²) in [6.07, 6.45) is 11.4. The topological polar surface area (TPSA) is 66.8 Å². The molecule has 0 bridgehead atoms. The van der Waals surface area contributed by atoms with Crippen LogP contribution in [0.4, 0.5) is 0 Å². The summed E-state index contributed by atoms with van der Waals surface area (Å²) < 4.78 is 5.90. The third kappa shape index (κ3) is 11.6. The van der Waals surface area contributed by atoms with Gasteiger partial charge >= 0.3 is 5.97 Å². The average Bonchev–Trinajstić information content (AvgIpc) is 2.80. The lowest BCUT2D eigenvalue weighted by Gasteiger charge is -2.33. The molecule has 0 amide bonds. The fourth-order valence-corrected chi connectivity index (χ4v) is 7.55. The van der Waals surface area contributed by atoms with Crippen LogP contribution in [0.2, 0.25) is 0 Å². The summed E-state index contributed by atoms with van der Waals surface area (Å²) in [6, 6.07) is 0. The Hall–Kier alpha value is -0.630. The number of esters is 1. The number of aromatic hydroxyl groups is 2. The Morgan fingerprint density at radius 3 is 1.84 bits per heavy atom. The molecule has 6 heteroatoms. The highest BCUT2D eigenvalue weighted by Crippen LogP contribution is 2.50. The van der Waals surface area contributed by atoms with Crippen molar-refractivity contribution in [3.05, 3.63) is 22.3 Å². The van der Waals surface area contributed by atoms with Crippen LogP contribution in [0, 0.1) is 38.5 Å². The number of rotatable bonds is 17. The third-order valence-electron chi connectivity index (χ3n) is 8.00. The summed E-state index contributed by atoms with van der Waals surface area (Å²) in [4.78, 5) is 12.0. The van der Waals surface area contributed by atoms with Crippen LogP contribution in [0.15, 0.2) is 0 Å². The summed E-state index contributed by atoms with van der Waals surface area (Å²) in [6.45, 7) is 18.4. The van der Waals surface area contributed by atoms with Crippen molar-refractivity contribution in [2.24, 2.45) is 17.8 Å². The van der Waals surface area contributed by atoms with Crippen molar-refractivity contribution < 1.29 is 19.7 Å². The molecule has 0 saturated heterocycles. The molecule has 1 aromatic rings. The van der Waals surface area contributed by atoms with E-state index < -0.39 is 5.60 Å². The summed E-state index contributed by atoms with van der Waals surface area (Å²) in [5.74, 6) is 2.46. The molecule has 0 heterocycles. The van der Waals surface area contributed by atoms with E-state index in [0.29, 0.717) is 29.0 Å². The zero-order valence-corrected chi connectivity index (χ0v) is 27.9. The van der Waals surface area contributed by atoms with E-state index in [4.69, 9.17) is 4.74 Å². The first kappa shape index (κ1) is 34.4. The normalized spacial score (nSPS) is 15.9. The molecule has 2 N–H and O–H groups in total. The van der Waals surface area contributed by atoms with E-state index in [-0.39, 0.29) is 22.7 Å². The van der Waals surface area contributed by atoms with E-state index in [1.807, 2.05) is 27.7 Å². The largest absolute Gasteiger partial charge is 0.507 e. The standard InChI is InChI=1S/C31H53IO4S/c1-20(2)13-10-14-21(3)15-11-16-22(4)17-12-18-31(9,36-26(8)33)19-27(37-32)28-25(7)29(34)23(5)24(6)30(28)35/h20-22,27,34-35H,10-19H2,1-9H3/t21-,22-,27?,31-/m1/s1. The van der Waals surface area contributed by atoms with Crippen LogP contribution >= 0.6 is 30.1 Å². The second kappa shape index (κ2) is 16.5. The van der Waals surface area contributed by atoms with Crippen molar-refractivity contribution in [1.82, 2.24) is 0 Å². The number of ether oxygens (including phenoxy) is 1. The number of hydrogen-bond acceptors (Lipinski definition) is 5. The lowest BCUT2D eigenvalue weighted by Crippen LogP contribution is -2.32. The Bertz CT molecular complexity index is 827. The van der Waals surface area contributed by atoms with E-state index in [0.717, 1.165) is 36.7 Å². The van der Waals surface area contributed by atoms with E-state index in [2.05, 4.69) is 48.9 Å². The molecule has 1 aromatic carbocycles. The van der Waals surface area contributed by atoms with Crippen molar-refractivity contribution in [3.8, 4) is 11.5 Å². The van der Waals surface area contributed by atoms with Gasteiger partial charge in [-0.3, -0.25) is 4.79 Å². The molecule has 0 saturated carbocycles. The first-order chi connectivity index (χ1) is 17.2. The molecule has 214 valence electrons. The van der Waals surface area contributed by atoms with Crippen LogP contribution in [0.1, 0.15) is 133 Å². The second-order valence-corrected chi connectivity index (χ2v) is 14.4. The minimum atomic E-state index is -0.632. The second-order valence-electron chi connectivity index (χ2n) is 12.2. The van der Waals surface area contributed by atoms with Crippen molar-refractivity contribution in [1.29, 1.82) is 0 Å². The van der Waals surface area contributed by atoms with Gasteiger partial charge in [0.05, 0.1) is 0 Å². The number of carbonyl (C=O) groups excluding carboxylic acids is 1. The number of phenolic OH excluding ortho intramolecular Hbond substituents is 2. The number of carbonyl (C=O) groups is 1. The summed E-state index contributed by atoms with van der Waals surface area (Å²) in [5, 5.41) is 21.5. The van der Waals surface area contributed by atoms with Crippen molar-refractivity contribution in [2.45, 2.75) is 137 Å². The predicted octanol–water partition coefficient (Wildman–Crippen LogP) is 10.3. The lowest BCUT2D eigenvalue weighted by atomic mass is 9.86. The van der Waals surface area contributed by atoms with Crippen LogP contribution in [0.3, 0.4) is 0 Å². The first-order valence-electron chi connectivity index (χ1n) is 14.2. The van der Waals surface area contributed by atoms with Crippen molar-refractivity contribution >= 4 is 36.1 Å². The van der Waals surface area contributed by atoms with Gasteiger partial charge < -0.3 is 14.9 Å². The summed E-state index contributed by atoms with van der Waals surface area (Å²) in [7, 11) is 1.60. The van der Waals surface area contributed by atoms with E-state index >= 15 is 0 Å². The van der Waals surface area contributed by atoms with Gasteiger partial charge in [0.2, 0.25) is 0 Å². The molecule has 4 nitrogen and oxygen atoms in total. The minimum absolute atomic E-state index is 0.107. The molecule has 0 aliphatic carbocycles. The molecule has 37 heavy (non-hydrogen) atoms. The Morgan fingerprint density at radius 1 is 0.865 bits per heavy atom. The van der Waals surface area contributed by atoms with Gasteiger partial charge in [0.15, 0.2) is 0 Å². The molecule has 0 spiro atoms. The van der Waals surface area contributed by atoms with Gasteiger partial charge in [-0.15, -0.1) is 0 Å². The maximum atomic E-state index is 12.0. The van der Waals surface area contributed by atoms with Crippen molar-refractivity contribution in [3.63, 3.8) is 0 Å². The number of benzene rings is 1. The molecule has 0 radical (unpaired) electrons. The van der Waals surface area contributed by atoms with Crippen LogP contribution < -0.4 is 0 Å². The minimum Gasteiger partial charge on any atom is -0.507 e. The summed E-state index contributed by atoms with van der Waals surface area (Å²) >= 11 is 2.26.